The van der Waals surface area contributed by atoms with E-state index in [4.69, 9.17) is 4.74 Å². The van der Waals surface area contributed by atoms with E-state index < -0.39 is 0 Å². The molecule has 0 unspecified atom stereocenters. The highest BCUT2D eigenvalue weighted by atomic mass is 16.5. The number of hydrogen-bond acceptors (Lipinski definition) is 5. The molecule has 2 aromatic rings. The van der Waals surface area contributed by atoms with Crippen molar-refractivity contribution in [2.75, 3.05) is 39.3 Å². The molecule has 5 heteroatoms. The van der Waals surface area contributed by atoms with E-state index in [1.54, 1.807) is 6.07 Å². The van der Waals surface area contributed by atoms with Crippen LogP contribution in [0.15, 0.2) is 48.7 Å². The number of aromatic hydroxyl groups is 1. The van der Waals surface area contributed by atoms with Crippen LogP contribution in [0.5, 0.6) is 5.75 Å². The highest BCUT2D eigenvalue weighted by molar-refractivity contribution is 5.31. The van der Waals surface area contributed by atoms with Gasteiger partial charge in [-0.05, 0) is 43.0 Å². The first-order valence-electron chi connectivity index (χ1n) is 9.98. The van der Waals surface area contributed by atoms with Crippen molar-refractivity contribution < 1.29 is 9.84 Å². The SMILES string of the molecule is Oc1ccccc1CCN1CCC2(CC1)CN(Cc1ccccn1)CCO2. The van der Waals surface area contributed by atoms with Crippen molar-refractivity contribution in [3.8, 4) is 5.75 Å². The summed E-state index contributed by atoms with van der Waals surface area (Å²) in [5.41, 5.74) is 2.17. The highest BCUT2D eigenvalue weighted by Crippen LogP contribution is 2.31. The second-order valence-electron chi connectivity index (χ2n) is 7.78. The fourth-order valence-corrected chi connectivity index (χ4v) is 4.27. The minimum Gasteiger partial charge on any atom is -0.508 e. The lowest BCUT2D eigenvalue weighted by Crippen LogP contribution is -2.56. The van der Waals surface area contributed by atoms with E-state index >= 15 is 0 Å². The molecule has 5 nitrogen and oxygen atoms in total. The molecule has 27 heavy (non-hydrogen) atoms. The number of para-hydroxylation sites is 1. The van der Waals surface area contributed by atoms with Crippen LogP contribution in [0.2, 0.25) is 0 Å². The van der Waals surface area contributed by atoms with Crippen LogP contribution in [0, 0.1) is 0 Å². The second-order valence-corrected chi connectivity index (χ2v) is 7.78. The number of phenols is 1. The van der Waals surface area contributed by atoms with Gasteiger partial charge in [-0.25, -0.2) is 0 Å². The summed E-state index contributed by atoms with van der Waals surface area (Å²) in [6.45, 7) is 6.81. The van der Waals surface area contributed by atoms with E-state index in [1.807, 2.05) is 30.5 Å². The standard InChI is InChI=1S/C22H29N3O2/c26-21-7-2-1-5-19(21)8-12-24-13-9-22(10-14-24)18-25(15-16-27-22)17-20-6-3-4-11-23-20/h1-7,11,26H,8-10,12-18H2. The molecule has 4 rings (SSSR count). The average molecular weight is 367 g/mol. The number of pyridine rings is 1. The van der Waals surface area contributed by atoms with Crippen molar-refractivity contribution in [1.29, 1.82) is 0 Å². The first-order valence-corrected chi connectivity index (χ1v) is 9.98. The molecule has 1 spiro atoms. The van der Waals surface area contributed by atoms with Gasteiger partial charge in [-0.15, -0.1) is 0 Å². The number of ether oxygens (including phenoxy) is 1. The van der Waals surface area contributed by atoms with Crippen LogP contribution in [0.25, 0.3) is 0 Å². The molecule has 0 atom stereocenters. The lowest BCUT2D eigenvalue weighted by Gasteiger charge is -2.47. The smallest absolute Gasteiger partial charge is 0.118 e. The number of morpholine rings is 1. The molecule has 0 saturated carbocycles. The van der Waals surface area contributed by atoms with Gasteiger partial charge in [0.2, 0.25) is 0 Å². The number of benzene rings is 1. The molecule has 1 aromatic carbocycles. The molecule has 1 N–H and O–H groups in total. The third kappa shape index (κ3) is 4.67. The number of likely N-dealkylation sites (tertiary alicyclic amines) is 1. The van der Waals surface area contributed by atoms with Gasteiger partial charge < -0.3 is 14.7 Å². The molecule has 2 aliphatic heterocycles. The summed E-state index contributed by atoms with van der Waals surface area (Å²) in [5.74, 6) is 0.409. The van der Waals surface area contributed by atoms with Gasteiger partial charge in [0.1, 0.15) is 5.75 Å². The predicted molar refractivity (Wildman–Crippen MR) is 106 cm³/mol. The number of rotatable bonds is 5. The molecular formula is C22H29N3O2. The Morgan fingerprint density at radius 1 is 1.00 bits per heavy atom. The van der Waals surface area contributed by atoms with Crippen LogP contribution in [0.4, 0.5) is 0 Å². The van der Waals surface area contributed by atoms with E-state index in [0.717, 1.165) is 76.4 Å². The Morgan fingerprint density at radius 3 is 2.59 bits per heavy atom. The predicted octanol–water partition coefficient (Wildman–Crippen LogP) is 2.70. The Hall–Kier alpha value is -1.95. The van der Waals surface area contributed by atoms with Gasteiger partial charge in [-0.3, -0.25) is 9.88 Å². The lowest BCUT2D eigenvalue weighted by atomic mass is 9.89. The summed E-state index contributed by atoms with van der Waals surface area (Å²) < 4.78 is 6.28. The van der Waals surface area contributed by atoms with Gasteiger partial charge in [0.05, 0.1) is 17.9 Å². The highest BCUT2D eigenvalue weighted by Gasteiger charge is 2.39. The van der Waals surface area contributed by atoms with Crippen LogP contribution >= 0.6 is 0 Å². The Morgan fingerprint density at radius 2 is 1.81 bits per heavy atom. The van der Waals surface area contributed by atoms with Gasteiger partial charge in [0.25, 0.3) is 0 Å². The van der Waals surface area contributed by atoms with E-state index in [2.05, 4.69) is 26.9 Å². The number of aromatic nitrogens is 1. The maximum absolute atomic E-state index is 9.94. The number of nitrogens with zero attached hydrogens (tertiary/aromatic N) is 3. The molecule has 0 amide bonds. The van der Waals surface area contributed by atoms with Crippen molar-refractivity contribution >= 4 is 0 Å². The second kappa shape index (κ2) is 8.38. The van der Waals surface area contributed by atoms with E-state index in [-0.39, 0.29) is 5.60 Å². The molecule has 1 aromatic heterocycles. The number of hydrogen-bond donors (Lipinski definition) is 1. The van der Waals surface area contributed by atoms with Crippen LogP contribution < -0.4 is 0 Å². The molecule has 2 fully saturated rings. The maximum atomic E-state index is 9.94. The normalized spacial score (nSPS) is 20.7. The molecular weight excluding hydrogens is 338 g/mol. The summed E-state index contributed by atoms with van der Waals surface area (Å²) in [5, 5.41) is 9.94. The van der Waals surface area contributed by atoms with Gasteiger partial charge in [0, 0.05) is 45.5 Å². The van der Waals surface area contributed by atoms with Gasteiger partial charge in [-0.2, -0.15) is 0 Å². The van der Waals surface area contributed by atoms with Crippen LogP contribution in [-0.4, -0.2) is 64.8 Å². The van der Waals surface area contributed by atoms with Crippen molar-refractivity contribution in [1.82, 2.24) is 14.8 Å². The Bertz CT molecular complexity index is 729. The molecule has 0 aliphatic carbocycles. The molecule has 0 radical (unpaired) electrons. The Labute approximate surface area is 161 Å². The number of piperidine rings is 1. The summed E-state index contributed by atoms with van der Waals surface area (Å²) >= 11 is 0. The molecule has 2 aliphatic rings. The summed E-state index contributed by atoms with van der Waals surface area (Å²) in [6.07, 6.45) is 4.92. The zero-order valence-electron chi connectivity index (χ0n) is 15.9. The molecule has 144 valence electrons. The first kappa shape index (κ1) is 18.4. The van der Waals surface area contributed by atoms with E-state index in [0.29, 0.717) is 5.75 Å². The fraction of sp³-hybridized carbons (Fsp3) is 0.500. The quantitative estimate of drug-likeness (QED) is 0.881. The van der Waals surface area contributed by atoms with E-state index in [9.17, 15) is 5.11 Å². The average Bonchev–Trinajstić information content (AvgIpc) is 2.70. The minimum absolute atomic E-state index is 0.00157. The first-order chi connectivity index (χ1) is 13.2. The summed E-state index contributed by atoms with van der Waals surface area (Å²) in [6, 6.07) is 13.8. The maximum Gasteiger partial charge on any atom is 0.118 e. The van der Waals surface area contributed by atoms with Crippen LogP contribution in [0.1, 0.15) is 24.1 Å². The molecule has 3 heterocycles. The van der Waals surface area contributed by atoms with Crippen molar-refractivity contribution in [2.24, 2.45) is 0 Å². The minimum atomic E-state index is -0.00157. The monoisotopic (exact) mass is 367 g/mol. The van der Waals surface area contributed by atoms with Crippen LogP contribution in [-0.2, 0) is 17.7 Å². The summed E-state index contributed by atoms with van der Waals surface area (Å²) in [4.78, 5) is 9.46. The topological polar surface area (TPSA) is 48.8 Å². The van der Waals surface area contributed by atoms with Gasteiger partial charge >= 0.3 is 0 Å². The molecule has 0 bridgehead atoms. The van der Waals surface area contributed by atoms with E-state index in [1.165, 1.54) is 0 Å². The lowest BCUT2D eigenvalue weighted by molar-refractivity contribution is -0.137. The van der Waals surface area contributed by atoms with Gasteiger partial charge in [0.15, 0.2) is 0 Å². The van der Waals surface area contributed by atoms with Crippen molar-refractivity contribution in [3.63, 3.8) is 0 Å². The zero-order chi connectivity index (χ0) is 18.5. The largest absolute Gasteiger partial charge is 0.508 e. The van der Waals surface area contributed by atoms with Crippen LogP contribution in [0.3, 0.4) is 0 Å². The Balaban J connectivity index is 1.28. The fourth-order valence-electron chi connectivity index (χ4n) is 4.27. The third-order valence-electron chi connectivity index (χ3n) is 5.90. The number of phenolic OH excluding ortho intramolecular Hbond substituents is 1. The summed E-state index contributed by atoms with van der Waals surface area (Å²) in [7, 11) is 0. The Kier molecular flexibility index (Phi) is 5.72. The molecule has 2 saturated heterocycles. The third-order valence-corrected chi connectivity index (χ3v) is 5.90. The van der Waals surface area contributed by atoms with Crippen molar-refractivity contribution in [2.45, 2.75) is 31.4 Å². The van der Waals surface area contributed by atoms with Gasteiger partial charge in [-0.1, -0.05) is 24.3 Å². The van der Waals surface area contributed by atoms with Crippen molar-refractivity contribution in [3.05, 3.63) is 59.9 Å². The zero-order valence-corrected chi connectivity index (χ0v) is 15.9.